The number of rotatable bonds is 6. The van der Waals surface area contributed by atoms with Crippen molar-refractivity contribution in [2.45, 2.75) is 32.7 Å². The molecule has 0 aliphatic heterocycles. The maximum Gasteiger partial charge on any atom is 0.244 e. The summed E-state index contributed by atoms with van der Waals surface area (Å²) in [5.41, 5.74) is 1.69. The zero-order valence-corrected chi connectivity index (χ0v) is 15.1. The number of nitroso groups, excluding NO2 is 1. The van der Waals surface area contributed by atoms with Crippen molar-refractivity contribution in [3.05, 3.63) is 70.6 Å². The third-order valence-corrected chi connectivity index (χ3v) is 4.07. The molecule has 1 aliphatic rings. The minimum absolute atomic E-state index is 0.0235. The molecular weight excluding hydrogens is 328 g/mol. The molecule has 1 saturated carbocycles. The maximum absolute atomic E-state index is 12.2. The molecule has 0 bridgehead atoms. The molecule has 2 aromatic carbocycles. The molecule has 1 atom stereocenters. The standard InChI is InChI=1S/C19H18N2O3.C2H6/c22-17-10-6-13(12-16(17)21-24)7-11-18(23)20-19(15-8-9-15)14-4-2-1-3-5-14;1-2/h1-7,10-12,15,19,22H,8-9H2,(H,20,23);1-2H3/b11-7+;. The number of amides is 1. The Hall–Kier alpha value is -2.95. The number of carbonyl (C=O) groups excluding carboxylic acids is 1. The van der Waals surface area contributed by atoms with E-state index in [4.69, 9.17) is 0 Å². The number of hydrogen-bond donors (Lipinski definition) is 2. The quantitative estimate of drug-likeness (QED) is 0.561. The lowest BCUT2D eigenvalue weighted by molar-refractivity contribution is -0.117. The third kappa shape index (κ3) is 5.28. The van der Waals surface area contributed by atoms with E-state index < -0.39 is 0 Å². The number of hydrogen-bond acceptors (Lipinski definition) is 4. The van der Waals surface area contributed by atoms with Gasteiger partial charge in [0.05, 0.1) is 6.04 Å². The number of nitrogens with zero attached hydrogens (tertiary/aromatic N) is 1. The number of phenols is 1. The van der Waals surface area contributed by atoms with Crippen molar-refractivity contribution in [2.24, 2.45) is 11.1 Å². The van der Waals surface area contributed by atoms with E-state index in [9.17, 15) is 14.8 Å². The van der Waals surface area contributed by atoms with Crippen LogP contribution in [0.25, 0.3) is 6.08 Å². The fourth-order valence-corrected chi connectivity index (χ4v) is 2.65. The molecule has 26 heavy (non-hydrogen) atoms. The van der Waals surface area contributed by atoms with Crippen LogP contribution in [0.4, 0.5) is 5.69 Å². The highest BCUT2D eigenvalue weighted by Gasteiger charge is 2.32. The summed E-state index contributed by atoms with van der Waals surface area (Å²) in [6.07, 6.45) is 5.27. The smallest absolute Gasteiger partial charge is 0.244 e. The van der Waals surface area contributed by atoms with Gasteiger partial charge in [0.1, 0.15) is 11.4 Å². The van der Waals surface area contributed by atoms with Gasteiger partial charge < -0.3 is 10.4 Å². The number of carbonyl (C=O) groups is 1. The molecule has 2 N–H and O–H groups in total. The summed E-state index contributed by atoms with van der Waals surface area (Å²) in [4.78, 5) is 22.8. The summed E-state index contributed by atoms with van der Waals surface area (Å²) in [5.74, 6) is 0.123. The van der Waals surface area contributed by atoms with E-state index in [-0.39, 0.29) is 23.4 Å². The Morgan fingerprint density at radius 3 is 2.50 bits per heavy atom. The summed E-state index contributed by atoms with van der Waals surface area (Å²) < 4.78 is 0. The lowest BCUT2D eigenvalue weighted by Crippen LogP contribution is -2.28. The average molecular weight is 352 g/mol. The second kappa shape index (κ2) is 9.51. The Balaban J connectivity index is 0.00000117. The molecule has 136 valence electrons. The van der Waals surface area contributed by atoms with Crippen LogP contribution in [0.15, 0.2) is 59.8 Å². The largest absolute Gasteiger partial charge is 0.506 e. The third-order valence-electron chi connectivity index (χ3n) is 4.07. The monoisotopic (exact) mass is 352 g/mol. The predicted octanol–water partition coefficient (Wildman–Crippen LogP) is 5.10. The van der Waals surface area contributed by atoms with Crippen LogP contribution in [0.1, 0.15) is 43.9 Å². The van der Waals surface area contributed by atoms with E-state index >= 15 is 0 Å². The molecule has 1 unspecified atom stereocenters. The Morgan fingerprint density at radius 1 is 1.19 bits per heavy atom. The molecule has 5 heteroatoms. The van der Waals surface area contributed by atoms with Gasteiger partial charge in [0.2, 0.25) is 5.91 Å². The van der Waals surface area contributed by atoms with Crippen molar-refractivity contribution < 1.29 is 9.90 Å². The second-order valence-corrected chi connectivity index (χ2v) is 5.91. The van der Waals surface area contributed by atoms with Gasteiger partial charge >= 0.3 is 0 Å². The van der Waals surface area contributed by atoms with Crippen LogP contribution >= 0.6 is 0 Å². The first kappa shape index (κ1) is 19.4. The van der Waals surface area contributed by atoms with Crippen LogP contribution in [0.2, 0.25) is 0 Å². The highest BCUT2D eigenvalue weighted by Crippen LogP contribution is 2.40. The van der Waals surface area contributed by atoms with Crippen molar-refractivity contribution in [2.75, 3.05) is 0 Å². The van der Waals surface area contributed by atoms with E-state index in [2.05, 4.69) is 10.5 Å². The van der Waals surface area contributed by atoms with E-state index in [0.717, 1.165) is 18.4 Å². The number of phenolic OH excluding ortho intramolecular Hbond substituents is 1. The Morgan fingerprint density at radius 2 is 1.88 bits per heavy atom. The molecule has 5 nitrogen and oxygen atoms in total. The topological polar surface area (TPSA) is 78.8 Å². The van der Waals surface area contributed by atoms with E-state index in [1.54, 1.807) is 12.1 Å². The van der Waals surface area contributed by atoms with Gasteiger partial charge in [-0.05, 0) is 53.3 Å². The fourth-order valence-electron chi connectivity index (χ4n) is 2.65. The molecule has 1 amide bonds. The summed E-state index contributed by atoms with van der Waals surface area (Å²) in [6, 6.07) is 14.4. The maximum atomic E-state index is 12.2. The van der Waals surface area contributed by atoms with Crippen molar-refractivity contribution in [3.63, 3.8) is 0 Å². The van der Waals surface area contributed by atoms with Crippen LogP contribution in [-0.2, 0) is 4.79 Å². The zero-order chi connectivity index (χ0) is 18.9. The van der Waals surface area contributed by atoms with Crippen LogP contribution in [-0.4, -0.2) is 11.0 Å². The SMILES string of the molecule is CC.O=Nc1cc(/C=C/C(=O)NC(c2ccccc2)C2CC2)ccc1O. The zero-order valence-electron chi connectivity index (χ0n) is 15.1. The Labute approximate surface area is 153 Å². The molecule has 1 aliphatic carbocycles. The van der Waals surface area contributed by atoms with Gasteiger partial charge in [-0.3, -0.25) is 4.79 Å². The van der Waals surface area contributed by atoms with Gasteiger partial charge in [0.15, 0.2) is 0 Å². The van der Waals surface area contributed by atoms with Gasteiger partial charge in [-0.1, -0.05) is 50.2 Å². The number of aromatic hydroxyl groups is 1. The molecule has 0 heterocycles. The summed E-state index contributed by atoms with van der Waals surface area (Å²) >= 11 is 0. The van der Waals surface area contributed by atoms with Gasteiger partial charge in [-0.2, -0.15) is 0 Å². The molecule has 0 spiro atoms. The van der Waals surface area contributed by atoms with Crippen molar-refractivity contribution >= 4 is 17.7 Å². The van der Waals surface area contributed by atoms with Crippen molar-refractivity contribution in [1.82, 2.24) is 5.32 Å². The molecule has 3 rings (SSSR count). The first-order valence-electron chi connectivity index (χ1n) is 8.87. The van der Waals surface area contributed by atoms with Gasteiger partial charge in [-0.15, -0.1) is 4.91 Å². The fraction of sp³-hybridized carbons (Fsp3) is 0.286. The van der Waals surface area contributed by atoms with E-state index in [1.165, 1.54) is 18.2 Å². The molecule has 0 aromatic heterocycles. The minimum atomic E-state index is -0.190. The second-order valence-electron chi connectivity index (χ2n) is 5.91. The van der Waals surface area contributed by atoms with Crippen LogP contribution < -0.4 is 5.32 Å². The Bertz CT molecular complexity index is 768. The number of benzene rings is 2. The summed E-state index contributed by atoms with van der Waals surface area (Å²) in [7, 11) is 0. The van der Waals surface area contributed by atoms with Crippen molar-refractivity contribution in [1.29, 1.82) is 0 Å². The number of nitrogens with one attached hydrogen (secondary N) is 1. The molecule has 0 radical (unpaired) electrons. The summed E-state index contributed by atoms with van der Waals surface area (Å²) in [6.45, 7) is 4.00. The van der Waals surface area contributed by atoms with Gasteiger partial charge in [0, 0.05) is 6.08 Å². The first-order valence-corrected chi connectivity index (χ1v) is 8.87. The Kier molecular flexibility index (Phi) is 7.09. The van der Waals surface area contributed by atoms with E-state index in [0.29, 0.717) is 11.5 Å². The van der Waals surface area contributed by atoms with Crippen molar-refractivity contribution in [3.8, 4) is 5.75 Å². The molecule has 1 fully saturated rings. The lowest BCUT2D eigenvalue weighted by atomic mass is 10.0. The average Bonchev–Trinajstić information content (AvgIpc) is 3.53. The highest BCUT2D eigenvalue weighted by molar-refractivity contribution is 5.92. The van der Waals surface area contributed by atoms with Gasteiger partial charge in [0.25, 0.3) is 0 Å². The van der Waals surface area contributed by atoms with Crippen LogP contribution in [0.5, 0.6) is 5.75 Å². The molecule has 2 aromatic rings. The first-order chi connectivity index (χ1) is 12.7. The predicted molar refractivity (Wildman–Crippen MR) is 104 cm³/mol. The highest BCUT2D eigenvalue weighted by atomic mass is 16.3. The normalized spacial score (nSPS) is 14.2. The van der Waals surface area contributed by atoms with Crippen LogP contribution in [0, 0.1) is 10.8 Å². The summed E-state index contributed by atoms with van der Waals surface area (Å²) in [5, 5.41) is 15.2. The minimum Gasteiger partial charge on any atom is -0.506 e. The van der Waals surface area contributed by atoms with Gasteiger partial charge in [-0.25, -0.2) is 0 Å². The lowest BCUT2D eigenvalue weighted by Gasteiger charge is -2.17. The molecular formula is C21H24N2O3. The van der Waals surface area contributed by atoms with E-state index in [1.807, 2.05) is 44.2 Å². The molecule has 0 saturated heterocycles. The van der Waals surface area contributed by atoms with Crippen LogP contribution in [0.3, 0.4) is 0 Å².